The molecule has 0 saturated carbocycles. The van der Waals surface area contributed by atoms with Crippen molar-refractivity contribution in [2.75, 3.05) is 0 Å². The van der Waals surface area contributed by atoms with Crippen molar-refractivity contribution in [1.29, 1.82) is 0 Å². The van der Waals surface area contributed by atoms with Crippen LogP contribution in [-0.2, 0) is 9.53 Å². The van der Waals surface area contributed by atoms with Crippen LogP contribution in [0.4, 0.5) is 0 Å². The molecule has 0 aromatic heterocycles. The Morgan fingerprint density at radius 3 is 2.20 bits per heavy atom. The fraction of sp³-hybridized carbons (Fsp3) is 0.857. The van der Waals surface area contributed by atoms with Crippen LogP contribution in [-0.4, -0.2) is 28.1 Å². The summed E-state index contributed by atoms with van der Waals surface area (Å²) in [5.41, 5.74) is 0. The molecule has 0 spiro atoms. The van der Waals surface area contributed by atoms with Crippen molar-refractivity contribution < 1.29 is 9.53 Å². The van der Waals surface area contributed by atoms with Crippen molar-refractivity contribution >= 4 is 22.0 Å². The van der Waals surface area contributed by atoms with Gasteiger partial charge in [0.05, 0.1) is 0 Å². The molecular weight excluding hydrogens is 195 g/mol. The molecule has 0 N–H and O–H groups in total. The molecule has 10 heavy (non-hydrogen) atoms. The first kappa shape index (κ1) is 8.09. The van der Waals surface area contributed by atoms with Gasteiger partial charge in [0.25, 0.3) is 0 Å². The zero-order valence-corrected chi connectivity index (χ0v) is 8.09. The van der Waals surface area contributed by atoms with E-state index < -0.39 is 0 Å². The third-order valence-electron chi connectivity index (χ3n) is 2.31. The monoisotopic (exact) mass is 207 g/mol. The number of carbonyl (C=O) groups excluding carboxylic acids is 1. The molecule has 0 aromatic rings. The molecule has 1 saturated heterocycles. The fourth-order valence-electron chi connectivity index (χ4n) is 0.979. The molecule has 3 unspecified atom stereocenters. The van der Waals surface area contributed by atoms with Gasteiger partial charge in [-0.15, -0.1) is 0 Å². The number of cyclic esters (lactones) is 1. The van der Waals surface area contributed by atoms with Crippen molar-refractivity contribution in [3.05, 3.63) is 0 Å². The van der Waals surface area contributed by atoms with Crippen LogP contribution >= 0.6 is 0 Å². The second kappa shape index (κ2) is 2.24. The van der Waals surface area contributed by atoms with Crippen LogP contribution in [0.5, 0.6) is 0 Å². The molecule has 3 heteroatoms. The van der Waals surface area contributed by atoms with E-state index in [0.29, 0.717) is 0 Å². The van der Waals surface area contributed by atoms with E-state index in [4.69, 9.17) is 4.74 Å². The van der Waals surface area contributed by atoms with Crippen molar-refractivity contribution in [2.45, 2.75) is 31.2 Å². The molecule has 0 amide bonds. The summed E-state index contributed by atoms with van der Waals surface area (Å²) in [5.74, 6) is -0.101. The van der Waals surface area contributed by atoms with E-state index >= 15 is 0 Å². The SMILES string of the molecule is CC1OC(=O)C(C)C1(C)[Se]. The summed E-state index contributed by atoms with van der Waals surface area (Å²) >= 11 is 3.00. The van der Waals surface area contributed by atoms with Gasteiger partial charge in [-0.05, 0) is 0 Å². The number of hydrogen-bond acceptors (Lipinski definition) is 2. The maximum absolute atomic E-state index is 11.0. The van der Waals surface area contributed by atoms with Gasteiger partial charge in [0.1, 0.15) is 0 Å². The van der Waals surface area contributed by atoms with E-state index in [-0.39, 0.29) is 22.3 Å². The van der Waals surface area contributed by atoms with Gasteiger partial charge in [0.15, 0.2) is 0 Å². The van der Waals surface area contributed by atoms with Crippen LogP contribution in [0.3, 0.4) is 0 Å². The Hall–Kier alpha value is -0.0105. The van der Waals surface area contributed by atoms with Gasteiger partial charge in [-0.3, -0.25) is 0 Å². The Balaban J connectivity index is 2.85. The number of carbonyl (C=O) groups is 1. The van der Waals surface area contributed by atoms with Crippen LogP contribution in [0.2, 0.25) is 4.31 Å². The van der Waals surface area contributed by atoms with Gasteiger partial charge in [-0.1, -0.05) is 0 Å². The molecule has 0 bridgehead atoms. The van der Waals surface area contributed by atoms with Crippen molar-refractivity contribution in [3.63, 3.8) is 0 Å². The Morgan fingerprint density at radius 1 is 1.60 bits per heavy atom. The standard InChI is InChI=1S/C7H11O2Se/c1-4-6(8)9-5(2)7(4,3)10/h4-5H,1-3H3. The van der Waals surface area contributed by atoms with E-state index in [0.717, 1.165) is 0 Å². The minimum atomic E-state index is -0.114. The van der Waals surface area contributed by atoms with Gasteiger partial charge in [-0.2, -0.15) is 0 Å². The van der Waals surface area contributed by atoms with E-state index in [1.54, 1.807) is 0 Å². The summed E-state index contributed by atoms with van der Waals surface area (Å²) in [6.07, 6.45) is 0.00926. The minimum absolute atomic E-state index is 0.00926. The second-order valence-corrected chi connectivity index (χ2v) is 4.83. The van der Waals surface area contributed by atoms with E-state index in [9.17, 15) is 4.79 Å². The molecular formula is C7H11O2Se. The topological polar surface area (TPSA) is 26.3 Å². The molecule has 57 valence electrons. The molecule has 1 rings (SSSR count). The summed E-state index contributed by atoms with van der Waals surface area (Å²) in [5, 5.41) is 0. The van der Waals surface area contributed by atoms with E-state index in [1.807, 2.05) is 20.8 Å². The average Bonchev–Trinajstić information content (AvgIpc) is 1.97. The van der Waals surface area contributed by atoms with Gasteiger partial charge in [0, 0.05) is 0 Å². The van der Waals surface area contributed by atoms with E-state index in [1.165, 1.54) is 0 Å². The third kappa shape index (κ3) is 0.977. The average molecular weight is 206 g/mol. The summed E-state index contributed by atoms with van der Waals surface area (Å²) in [4.78, 5) is 11.0. The Bertz CT molecular complexity index is 165. The Kier molecular flexibility index (Phi) is 1.82. The summed E-state index contributed by atoms with van der Waals surface area (Å²) in [6, 6.07) is 0. The Morgan fingerprint density at radius 2 is 2.10 bits per heavy atom. The van der Waals surface area contributed by atoms with Crippen LogP contribution in [0.25, 0.3) is 0 Å². The molecule has 1 aliphatic heterocycles. The molecule has 3 atom stereocenters. The first-order valence-electron chi connectivity index (χ1n) is 3.37. The number of ether oxygens (including phenoxy) is 1. The van der Waals surface area contributed by atoms with Crippen LogP contribution in [0.1, 0.15) is 20.8 Å². The summed E-state index contributed by atoms with van der Waals surface area (Å²) in [7, 11) is 0. The van der Waals surface area contributed by atoms with Crippen LogP contribution < -0.4 is 0 Å². The molecule has 1 radical (unpaired) electrons. The van der Waals surface area contributed by atoms with E-state index in [2.05, 4.69) is 16.0 Å². The van der Waals surface area contributed by atoms with Gasteiger partial charge in [-0.25, -0.2) is 0 Å². The molecule has 2 nitrogen and oxygen atoms in total. The summed E-state index contributed by atoms with van der Waals surface area (Å²) < 4.78 is 4.90. The molecule has 0 aliphatic carbocycles. The number of rotatable bonds is 0. The van der Waals surface area contributed by atoms with Gasteiger partial charge < -0.3 is 0 Å². The quantitative estimate of drug-likeness (QED) is 0.435. The first-order chi connectivity index (χ1) is 4.46. The second-order valence-electron chi connectivity index (χ2n) is 2.98. The summed E-state index contributed by atoms with van der Waals surface area (Å²) in [6.45, 7) is 5.81. The van der Waals surface area contributed by atoms with Crippen molar-refractivity contribution in [1.82, 2.24) is 0 Å². The van der Waals surface area contributed by atoms with Crippen molar-refractivity contribution in [3.8, 4) is 0 Å². The first-order valence-corrected chi connectivity index (χ1v) is 4.23. The van der Waals surface area contributed by atoms with Gasteiger partial charge >= 0.3 is 68.6 Å². The fourth-order valence-corrected chi connectivity index (χ4v) is 1.28. The normalized spacial score (nSPS) is 47.4. The zero-order valence-electron chi connectivity index (χ0n) is 6.38. The number of esters is 1. The van der Waals surface area contributed by atoms with Crippen LogP contribution in [0.15, 0.2) is 0 Å². The van der Waals surface area contributed by atoms with Crippen LogP contribution in [0, 0.1) is 5.92 Å². The predicted molar refractivity (Wildman–Crippen MR) is 38.8 cm³/mol. The molecule has 1 heterocycles. The predicted octanol–water partition coefficient (Wildman–Crippen LogP) is 0.915. The van der Waals surface area contributed by atoms with Crippen molar-refractivity contribution in [2.24, 2.45) is 5.92 Å². The molecule has 1 aliphatic rings. The Labute approximate surface area is 69.1 Å². The third-order valence-corrected chi connectivity index (χ3v) is 3.75. The molecule has 0 aromatic carbocycles. The zero-order chi connectivity index (χ0) is 7.94. The number of hydrogen-bond donors (Lipinski definition) is 0. The van der Waals surface area contributed by atoms with Gasteiger partial charge in [0.2, 0.25) is 0 Å². The maximum atomic E-state index is 11.0. The molecule has 1 fully saturated rings.